The van der Waals surface area contributed by atoms with E-state index in [2.05, 4.69) is 17.4 Å². The minimum absolute atomic E-state index is 0.207. The standard InChI is InChI=1S/C26H29NO4/c1-2-7-22(8-3-1)29-17-18-30-23-14-12-21(13-15-23)19-27-25-10-4-5-11-26(25)31-20-24-9-6-16-28-24/h1-5,7-8,10-15,24,27H,6,9,16-20H2. The molecule has 3 aromatic rings. The molecule has 0 radical (unpaired) electrons. The molecule has 0 aliphatic carbocycles. The van der Waals surface area contributed by atoms with E-state index in [0.717, 1.165) is 42.4 Å². The lowest BCUT2D eigenvalue weighted by atomic mass is 10.2. The van der Waals surface area contributed by atoms with Gasteiger partial charge >= 0.3 is 0 Å². The molecule has 5 nitrogen and oxygen atoms in total. The predicted molar refractivity (Wildman–Crippen MR) is 122 cm³/mol. The van der Waals surface area contributed by atoms with E-state index in [9.17, 15) is 0 Å². The van der Waals surface area contributed by atoms with Crippen molar-refractivity contribution in [3.8, 4) is 17.2 Å². The van der Waals surface area contributed by atoms with Crippen LogP contribution in [0, 0.1) is 0 Å². The number of anilines is 1. The molecule has 0 saturated carbocycles. The first-order valence-electron chi connectivity index (χ1n) is 10.8. The van der Waals surface area contributed by atoms with Crippen molar-refractivity contribution in [2.45, 2.75) is 25.5 Å². The van der Waals surface area contributed by atoms with Gasteiger partial charge in [0.05, 0.1) is 11.8 Å². The van der Waals surface area contributed by atoms with Crippen LogP contribution in [0.3, 0.4) is 0 Å². The van der Waals surface area contributed by atoms with Crippen LogP contribution in [0.2, 0.25) is 0 Å². The maximum Gasteiger partial charge on any atom is 0.142 e. The summed E-state index contributed by atoms with van der Waals surface area (Å²) in [5.74, 6) is 2.55. The third kappa shape index (κ3) is 6.66. The predicted octanol–water partition coefficient (Wildman–Crippen LogP) is 5.31. The first kappa shape index (κ1) is 21.1. The van der Waals surface area contributed by atoms with Gasteiger partial charge in [-0.3, -0.25) is 0 Å². The molecular formula is C26H29NO4. The Labute approximate surface area is 183 Å². The van der Waals surface area contributed by atoms with Gasteiger partial charge in [-0.15, -0.1) is 0 Å². The number of hydrogen-bond acceptors (Lipinski definition) is 5. The van der Waals surface area contributed by atoms with Gasteiger partial charge in [0.15, 0.2) is 0 Å². The summed E-state index contributed by atoms with van der Waals surface area (Å²) in [6, 6.07) is 25.9. The van der Waals surface area contributed by atoms with Gasteiger partial charge in [0.1, 0.15) is 37.1 Å². The summed E-state index contributed by atoms with van der Waals surface area (Å²) in [4.78, 5) is 0. The third-order valence-electron chi connectivity index (χ3n) is 5.11. The highest BCUT2D eigenvalue weighted by Crippen LogP contribution is 2.26. The van der Waals surface area contributed by atoms with Crippen LogP contribution < -0.4 is 19.5 Å². The van der Waals surface area contributed by atoms with E-state index < -0.39 is 0 Å². The SMILES string of the molecule is c1ccc(OCCOc2ccc(CNc3ccccc3OCC3CCCO3)cc2)cc1. The van der Waals surface area contributed by atoms with Crippen LogP contribution in [0.4, 0.5) is 5.69 Å². The van der Waals surface area contributed by atoms with Gasteiger partial charge in [-0.05, 0) is 54.8 Å². The van der Waals surface area contributed by atoms with E-state index in [1.165, 1.54) is 5.56 Å². The molecule has 3 aromatic carbocycles. The van der Waals surface area contributed by atoms with Gasteiger partial charge in [-0.1, -0.05) is 42.5 Å². The summed E-state index contributed by atoms with van der Waals surface area (Å²) in [6.45, 7) is 3.15. The lowest BCUT2D eigenvalue weighted by Gasteiger charge is -2.16. The van der Waals surface area contributed by atoms with Crippen molar-refractivity contribution in [3.63, 3.8) is 0 Å². The van der Waals surface area contributed by atoms with E-state index in [4.69, 9.17) is 18.9 Å². The number of hydrogen-bond donors (Lipinski definition) is 1. The van der Waals surface area contributed by atoms with E-state index in [1.807, 2.05) is 66.7 Å². The quantitative estimate of drug-likeness (QED) is 0.427. The van der Waals surface area contributed by atoms with Crippen LogP contribution in [-0.2, 0) is 11.3 Å². The van der Waals surface area contributed by atoms with Crippen molar-refractivity contribution in [1.82, 2.24) is 0 Å². The Kier molecular flexibility index (Phi) is 7.66. The van der Waals surface area contributed by atoms with Gasteiger partial charge in [-0.2, -0.15) is 0 Å². The van der Waals surface area contributed by atoms with E-state index in [-0.39, 0.29) is 6.10 Å². The number of ether oxygens (including phenoxy) is 4. The second-order valence-electron chi connectivity index (χ2n) is 7.45. The minimum atomic E-state index is 0.207. The fourth-order valence-corrected chi connectivity index (χ4v) is 3.43. The molecule has 0 aromatic heterocycles. The first-order valence-corrected chi connectivity index (χ1v) is 10.8. The fraction of sp³-hybridized carbons (Fsp3) is 0.308. The number of para-hydroxylation sites is 3. The molecule has 5 heteroatoms. The van der Waals surface area contributed by atoms with Crippen molar-refractivity contribution in [1.29, 1.82) is 0 Å². The van der Waals surface area contributed by atoms with Crippen LogP contribution in [0.15, 0.2) is 78.9 Å². The van der Waals surface area contributed by atoms with Crippen LogP contribution in [0.1, 0.15) is 18.4 Å². The van der Waals surface area contributed by atoms with E-state index in [1.54, 1.807) is 0 Å². The molecule has 1 saturated heterocycles. The first-order chi connectivity index (χ1) is 15.4. The molecule has 0 bridgehead atoms. The summed E-state index contributed by atoms with van der Waals surface area (Å²) in [5.41, 5.74) is 2.15. The summed E-state index contributed by atoms with van der Waals surface area (Å²) in [6.07, 6.45) is 2.40. The molecule has 0 spiro atoms. The molecule has 4 rings (SSSR count). The van der Waals surface area contributed by atoms with Crippen LogP contribution in [0.25, 0.3) is 0 Å². The monoisotopic (exact) mass is 419 g/mol. The molecule has 0 amide bonds. The van der Waals surface area contributed by atoms with Crippen LogP contribution in [-0.4, -0.2) is 32.5 Å². The average molecular weight is 420 g/mol. The minimum Gasteiger partial charge on any atom is -0.490 e. The molecule has 1 fully saturated rings. The highest BCUT2D eigenvalue weighted by molar-refractivity contribution is 5.56. The highest BCUT2D eigenvalue weighted by atomic mass is 16.5. The molecular weight excluding hydrogens is 390 g/mol. The van der Waals surface area contributed by atoms with Gasteiger partial charge in [0.2, 0.25) is 0 Å². The van der Waals surface area contributed by atoms with E-state index in [0.29, 0.717) is 26.4 Å². The Morgan fingerprint density at radius 2 is 1.48 bits per heavy atom. The molecule has 1 N–H and O–H groups in total. The number of benzene rings is 3. The topological polar surface area (TPSA) is 49.0 Å². The molecule has 31 heavy (non-hydrogen) atoms. The molecule has 1 unspecified atom stereocenters. The number of rotatable bonds is 11. The van der Waals surface area contributed by atoms with Crippen LogP contribution in [0.5, 0.6) is 17.2 Å². The zero-order valence-corrected chi connectivity index (χ0v) is 17.7. The normalized spacial score (nSPS) is 15.4. The molecule has 1 aliphatic rings. The Hall–Kier alpha value is -3.18. The van der Waals surface area contributed by atoms with Crippen molar-refractivity contribution in [2.75, 3.05) is 31.7 Å². The highest BCUT2D eigenvalue weighted by Gasteiger charge is 2.16. The lowest BCUT2D eigenvalue weighted by Crippen LogP contribution is -2.16. The zero-order chi connectivity index (χ0) is 21.1. The third-order valence-corrected chi connectivity index (χ3v) is 5.11. The van der Waals surface area contributed by atoms with Crippen molar-refractivity contribution in [2.24, 2.45) is 0 Å². The van der Waals surface area contributed by atoms with Crippen LogP contribution >= 0.6 is 0 Å². The second-order valence-corrected chi connectivity index (χ2v) is 7.45. The molecule has 1 heterocycles. The molecule has 162 valence electrons. The summed E-state index contributed by atoms with van der Waals surface area (Å²) >= 11 is 0. The Morgan fingerprint density at radius 3 is 2.23 bits per heavy atom. The zero-order valence-electron chi connectivity index (χ0n) is 17.7. The molecule has 1 aliphatic heterocycles. The van der Waals surface area contributed by atoms with Gasteiger partial charge < -0.3 is 24.3 Å². The second kappa shape index (κ2) is 11.3. The fourth-order valence-electron chi connectivity index (χ4n) is 3.43. The van der Waals surface area contributed by atoms with Crippen molar-refractivity contribution in [3.05, 3.63) is 84.4 Å². The average Bonchev–Trinajstić information content (AvgIpc) is 3.35. The molecule has 1 atom stereocenters. The largest absolute Gasteiger partial charge is 0.490 e. The Morgan fingerprint density at radius 1 is 0.774 bits per heavy atom. The maximum atomic E-state index is 6.00. The van der Waals surface area contributed by atoms with E-state index >= 15 is 0 Å². The Bertz CT molecular complexity index is 908. The smallest absolute Gasteiger partial charge is 0.142 e. The summed E-state index contributed by atoms with van der Waals surface area (Å²) in [7, 11) is 0. The maximum absolute atomic E-state index is 6.00. The van der Waals surface area contributed by atoms with Crippen molar-refractivity contribution >= 4 is 5.69 Å². The summed E-state index contributed by atoms with van der Waals surface area (Å²) in [5, 5.41) is 3.47. The Balaban J connectivity index is 1.21. The summed E-state index contributed by atoms with van der Waals surface area (Å²) < 4.78 is 23.1. The van der Waals surface area contributed by atoms with Gasteiger partial charge in [-0.25, -0.2) is 0 Å². The van der Waals surface area contributed by atoms with Gasteiger partial charge in [0, 0.05) is 13.2 Å². The lowest BCUT2D eigenvalue weighted by molar-refractivity contribution is 0.0682. The van der Waals surface area contributed by atoms with Gasteiger partial charge in [0.25, 0.3) is 0 Å². The van der Waals surface area contributed by atoms with Crippen molar-refractivity contribution < 1.29 is 18.9 Å². The number of nitrogens with one attached hydrogen (secondary N) is 1.